The number of nitrogens with one attached hydrogen (secondary N) is 2. The molecule has 0 aliphatic heterocycles. The van der Waals surface area contributed by atoms with Crippen molar-refractivity contribution in [2.45, 2.75) is 4.90 Å². The van der Waals surface area contributed by atoms with Crippen molar-refractivity contribution < 1.29 is 18.0 Å². The Hall–Kier alpha value is -2.68. The minimum Gasteiger partial charge on any atom is -0.366 e. The van der Waals surface area contributed by atoms with Gasteiger partial charge in [-0.3, -0.25) is 14.7 Å². The number of sulfonamides is 1. The lowest BCUT2D eigenvalue weighted by atomic mass is 10.2. The molecule has 0 unspecified atom stereocenters. The molecule has 104 valence electrons. The number of nitrogens with two attached hydrogens (primary N) is 1. The molecule has 0 aliphatic rings. The van der Waals surface area contributed by atoms with Gasteiger partial charge in [0.15, 0.2) is 0 Å². The molecule has 2 aromatic rings. The number of carbonyl (C=O) groups excluding carboxylic acids is 2. The van der Waals surface area contributed by atoms with E-state index in [2.05, 4.69) is 10.2 Å². The molecule has 1 aromatic carbocycles. The van der Waals surface area contributed by atoms with Crippen LogP contribution in [0.5, 0.6) is 0 Å². The highest BCUT2D eigenvalue weighted by atomic mass is 32.2. The first-order valence-electron chi connectivity index (χ1n) is 5.37. The average Bonchev–Trinajstić information content (AvgIpc) is 2.92. The molecule has 2 amide bonds. The summed E-state index contributed by atoms with van der Waals surface area (Å²) in [5.41, 5.74) is 4.88. The summed E-state index contributed by atoms with van der Waals surface area (Å²) in [6.07, 6.45) is 1.30. The van der Waals surface area contributed by atoms with E-state index in [4.69, 9.17) is 5.73 Å². The Bertz CT molecular complexity index is 752. The standard InChI is InChI=1S/C11H10N4O4S/c12-10(16)7-3-1-2-4-9(7)20(18,19)15-11(17)8-5-6-13-14-8/h1-6H,(H2,12,16)(H,13,14)(H,15,17). The minimum absolute atomic E-state index is 0.0230. The molecule has 0 fully saturated rings. The quantitative estimate of drug-likeness (QED) is 0.706. The van der Waals surface area contributed by atoms with E-state index < -0.39 is 21.8 Å². The fourth-order valence-electron chi connectivity index (χ4n) is 1.52. The van der Waals surface area contributed by atoms with E-state index in [9.17, 15) is 18.0 Å². The summed E-state index contributed by atoms with van der Waals surface area (Å²) in [5.74, 6) is -1.79. The number of primary amides is 1. The molecule has 20 heavy (non-hydrogen) atoms. The first-order valence-corrected chi connectivity index (χ1v) is 6.85. The summed E-state index contributed by atoms with van der Waals surface area (Å²) in [5, 5.41) is 5.87. The van der Waals surface area contributed by atoms with Crippen LogP contribution in [-0.4, -0.2) is 30.4 Å². The highest BCUT2D eigenvalue weighted by Gasteiger charge is 2.23. The summed E-state index contributed by atoms with van der Waals surface area (Å²) >= 11 is 0. The molecule has 0 saturated heterocycles. The SMILES string of the molecule is NC(=O)c1ccccc1S(=O)(=O)NC(=O)c1ccn[nH]1. The van der Waals surface area contributed by atoms with Crippen LogP contribution in [0.3, 0.4) is 0 Å². The fraction of sp³-hybridized carbons (Fsp3) is 0. The predicted molar refractivity (Wildman–Crippen MR) is 68.2 cm³/mol. The molecule has 1 aromatic heterocycles. The summed E-state index contributed by atoms with van der Waals surface area (Å²) in [7, 11) is -4.21. The Labute approximate surface area is 114 Å². The van der Waals surface area contributed by atoms with Gasteiger partial charge in [-0.2, -0.15) is 5.10 Å². The van der Waals surface area contributed by atoms with Crippen molar-refractivity contribution in [1.82, 2.24) is 14.9 Å². The van der Waals surface area contributed by atoms with Gasteiger partial charge in [-0.25, -0.2) is 13.1 Å². The molecule has 0 saturated carbocycles. The maximum atomic E-state index is 12.1. The monoisotopic (exact) mass is 294 g/mol. The number of aromatic amines is 1. The first-order chi connectivity index (χ1) is 9.42. The highest BCUT2D eigenvalue weighted by Crippen LogP contribution is 2.15. The van der Waals surface area contributed by atoms with Crippen molar-refractivity contribution in [2.24, 2.45) is 5.73 Å². The second-order valence-electron chi connectivity index (χ2n) is 3.77. The molecule has 9 heteroatoms. The van der Waals surface area contributed by atoms with Crippen molar-refractivity contribution in [1.29, 1.82) is 0 Å². The van der Waals surface area contributed by atoms with Gasteiger partial charge in [0, 0.05) is 6.20 Å². The van der Waals surface area contributed by atoms with Crippen molar-refractivity contribution in [3.05, 3.63) is 47.8 Å². The molecule has 0 spiro atoms. The van der Waals surface area contributed by atoms with Crippen LogP contribution in [-0.2, 0) is 10.0 Å². The van der Waals surface area contributed by atoms with E-state index in [1.165, 1.54) is 36.5 Å². The lowest BCUT2D eigenvalue weighted by molar-refractivity contribution is 0.0971. The number of hydrogen-bond acceptors (Lipinski definition) is 5. The normalized spacial score (nSPS) is 11.0. The number of rotatable bonds is 4. The van der Waals surface area contributed by atoms with Crippen LogP contribution in [0.25, 0.3) is 0 Å². The largest absolute Gasteiger partial charge is 0.366 e. The van der Waals surface area contributed by atoms with Crippen molar-refractivity contribution >= 4 is 21.8 Å². The topological polar surface area (TPSA) is 135 Å². The van der Waals surface area contributed by atoms with E-state index in [1.54, 1.807) is 0 Å². The summed E-state index contributed by atoms with van der Waals surface area (Å²) < 4.78 is 26.0. The predicted octanol–water partition coefficient (Wildman–Crippen LogP) is -0.373. The van der Waals surface area contributed by atoms with Crippen LogP contribution >= 0.6 is 0 Å². The number of H-pyrrole nitrogens is 1. The van der Waals surface area contributed by atoms with E-state index >= 15 is 0 Å². The summed E-state index contributed by atoms with van der Waals surface area (Å²) in [6, 6.07) is 6.64. The Morgan fingerprint density at radius 3 is 2.50 bits per heavy atom. The molecule has 8 nitrogen and oxygen atoms in total. The fourth-order valence-corrected chi connectivity index (χ4v) is 2.70. The van der Waals surface area contributed by atoms with Crippen LogP contribution < -0.4 is 10.5 Å². The molecule has 0 bridgehead atoms. The van der Waals surface area contributed by atoms with Gasteiger partial charge in [-0.1, -0.05) is 12.1 Å². The number of nitrogens with zero attached hydrogens (tertiary/aromatic N) is 1. The molecular weight excluding hydrogens is 284 g/mol. The summed E-state index contributed by atoms with van der Waals surface area (Å²) in [6.45, 7) is 0. The summed E-state index contributed by atoms with van der Waals surface area (Å²) in [4.78, 5) is 22.5. The van der Waals surface area contributed by atoms with Gasteiger partial charge in [0.05, 0.1) is 5.56 Å². The zero-order valence-electron chi connectivity index (χ0n) is 10.0. The number of carbonyl (C=O) groups is 2. The number of amides is 2. The van der Waals surface area contributed by atoms with Gasteiger partial charge in [-0.15, -0.1) is 0 Å². The second kappa shape index (κ2) is 5.13. The van der Waals surface area contributed by atoms with E-state index in [-0.39, 0.29) is 16.2 Å². The lowest BCUT2D eigenvalue weighted by Crippen LogP contribution is -2.32. The molecule has 2 rings (SSSR count). The first kappa shape index (κ1) is 13.7. The third kappa shape index (κ3) is 2.67. The molecule has 4 N–H and O–H groups in total. The van der Waals surface area contributed by atoms with Crippen LogP contribution in [0, 0.1) is 0 Å². The molecular formula is C11H10N4O4S. The van der Waals surface area contributed by atoms with Gasteiger partial charge in [-0.05, 0) is 18.2 Å². The van der Waals surface area contributed by atoms with Crippen molar-refractivity contribution in [3.63, 3.8) is 0 Å². The Morgan fingerprint density at radius 2 is 1.90 bits per heavy atom. The average molecular weight is 294 g/mol. The minimum atomic E-state index is -4.21. The van der Waals surface area contributed by atoms with E-state index in [0.29, 0.717) is 0 Å². The van der Waals surface area contributed by atoms with E-state index in [1.807, 2.05) is 4.72 Å². The number of hydrogen-bond donors (Lipinski definition) is 3. The Morgan fingerprint density at radius 1 is 1.20 bits per heavy atom. The Balaban J connectivity index is 2.37. The van der Waals surface area contributed by atoms with Gasteiger partial charge < -0.3 is 5.73 Å². The number of benzene rings is 1. The van der Waals surface area contributed by atoms with Gasteiger partial charge in [0.2, 0.25) is 5.91 Å². The maximum Gasteiger partial charge on any atom is 0.282 e. The lowest BCUT2D eigenvalue weighted by Gasteiger charge is -2.08. The Kier molecular flexibility index (Phi) is 3.53. The zero-order valence-corrected chi connectivity index (χ0v) is 10.8. The van der Waals surface area contributed by atoms with Gasteiger partial charge >= 0.3 is 0 Å². The van der Waals surface area contributed by atoms with E-state index in [0.717, 1.165) is 0 Å². The third-order valence-corrected chi connectivity index (χ3v) is 3.80. The maximum absolute atomic E-state index is 12.1. The molecule has 0 aliphatic carbocycles. The highest BCUT2D eigenvalue weighted by molar-refractivity contribution is 7.90. The smallest absolute Gasteiger partial charge is 0.282 e. The van der Waals surface area contributed by atoms with Crippen LogP contribution in [0.15, 0.2) is 41.4 Å². The number of aromatic nitrogens is 2. The van der Waals surface area contributed by atoms with Crippen LogP contribution in [0.1, 0.15) is 20.8 Å². The van der Waals surface area contributed by atoms with Crippen LogP contribution in [0.2, 0.25) is 0 Å². The van der Waals surface area contributed by atoms with Crippen LogP contribution in [0.4, 0.5) is 0 Å². The second-order valence-corrected chi connectivity index (χ2v) is 5.42. The third-order valence-electron chi connectivity index (χ3n) is 2.41. The van der Waals surface area contributed by atoms with Gasteiger partial charge in [0.25, 0.3) is 15.9 Å². The van der Waals surface area contributed by atoms with Crippen molar-refractivity contribution in [3.8, 4) is 0 Å². The molecule has 1 heterocycles. The molecule has 0 atom stereocenters. The zero-order chi connectivity index (χ0) is 14.8. The van der Waals surface area contributed by atoms with Gasteiger partial charge in [0.1, 0.15) is 10.6 Å². The molecule has 0 radical (unpaired) electrons. The van der Waals surface area contributed by atoms with Crippen molar-refractivity contribution in [2.75, 3.05) is 0 Å².